The van der Waals surface area contributed by atoms with Crippen molar-refractivity contribution in [2.24, 2.45) is 5.92 Å². The molecule has 0 bridgehead atoms. The van der Waals surface area contributed by atoms with Crippen molar-refractivity contribution in [3.8, 4) is 0 Å². The maximum Gasteiger partial charge on any atom is 0.140 e. The first-order valence-corrected chi connectivity index (χ1v) is 8.02. The van der Waals surface area contributed by atoms with E-state index in [2.05, 4.69) is 34.1 Å². The summed E-state index contributed by atoms with van der Waals surface area (Å²) in [5.74, 6) is 0.851. The molecule has 0 aliphatic heterocycles. The predicted octanol–water partition coefficient (Wildman–Crippen LogP) is 3.73. The fourth-order valence-corrected chi connectivity index (χ4v) is 3.35. The van der Waals surface area contributed by atoms with Crippen LogP contribution in [-0.2, 0) is 13.1 Å². The minimum absolute atomic E-state index is 0.851. The molecule has 3 nitrogen and oxygen atoms in total. The highest BCUT2D eigenvalue weighted by atomic mass is 15.0. The van der Waals surface area contributed by atoms with Gasteiger partial charge in [-0.15, -0.1) is 0 Å². The third kappa shape index (κ3) is 2.88. The summed E-state index contributed by atoms with van der Waals surface area (Å²) >= 11 is 0. The lowest BCUT2D eigenvalue weighted by Crippen LogP contribution is -2.13. The van der Waals surface area contributed by atoms with Crippen LogP contribution >= 0.6 is 0 Å². The van der Waals surface area contributed by atoms with Gasteiger partial charge in [0.2, 0.25) is 0 Å². The number of aromatic nitrogens is 2. The van der Waals surface area contributed by atoms with E-state index in [1.54, 1.807) is 0 Å². The van der Waals surface area contributed by atoms with Crippen LogP contribution in [0.5, 0.6) is 0 Å². The highest BCUT2D eigenvalue weighted by Crippen LogP contribution is 2.28. The second-order valence-corrected chi connectivity index (χ2v) is 6.01. The number of hydrogen-bond acceptors (Lipinski definition) is 2. The quantitative estimate of drug-likeness (QED) is 0.811. The van der Waals surface area contributed by atoms with Crippen LogP contribution in [0.1, 0.15) is 44.6 Å². The number of hydrogen-bond donors (Lipinski definition) is 1. The Labute approximate surface area is 121 Å². The Morgan fingerprint density at radius 1 is 1.35 bits per heavy atom. The summed E-state index contributed by atoms with van der Waals surface area (Å²) in [6.45, 7) is 5.38. The van der Waals surface area contributed by atoms with E-state index >= 15 is 0 Å². The molecule has 20 heavy (non-hydrogen) atoms. The fourth-order valence-electron chi connectivity index (χ4n) is 3.35. The van der Waals surface area contributed by atoms with Crippen LogP contribution in [0.4, 0.5) is 0 Å². The van der Waals surface area contributed by atoms with Crippen LogP contribution in [0.15, 0.2) is 24.5 Å². The molecule has 0 amide bonds. The normalized spacial score (nSPS) is 16.2. The van der Waals surface area contributed by atoms with Crippen molar-refractivity contribution in [3.63, 3.8) is 0 Å². The van der Waals surface area contributed by atoms with Gasteiger partial charge in [-0.25, -0.2) is 4.98 Å². The molecule has 1 saturated carbocycles. The summed E-state index contributed by atoms with van der Waals surface area (Å²) in [4.78, 5) is 4.61. The van der Waals surface area contributed by atoms with Gasteiger partial charge in [-0.2, -0.15) is 0 Å². The van der Waals surface area contributed by atoms with E-state index in [1.165, 1.54) is 43.1 Å². The molecule has 1 fully saturated rings. The lowest BCUT2D eigenvalue weighted by atomic mass is 10.1. The van der Waals surface area contributed by atoms with Crippen LogP contribution in [-0.4, -0.2) is 16.1 Å². The molecule has 0 unspecified atom stereocenters. The third-order valence-corrected chi connectivity index (χ3v) is 4.39. The molecule has 2 aromatic heterocycles. The average Bonchev–Trinajstić information content (AvgIpc) is 3.09. The first-order chi connectivity index (χ1) is 9.88. The molecule has 1 aliphatic rings. The molecule has 1 N–H and O–H groups in total. The Kier molecular flexibility index (Phi) is 4.36. The van der Waals surface area contributed by atoms with Gasteiger partial charge in [-0.05, 0) is 49.4 Å². The van der Waals surface area contributed by atoms with Gasteiger partial charge in [-0.1, -0.05) is 19.8 Å². The van der Waals surface area contributed by atoms with E-state index in [-0.39, 0.29) is 0 Å². The van der Waals surface area contributed by atoms with Crippen LogP contribution in [0.2, 0.25) is 0 Å². The zero-order chi connectivity index (χ0) is 13.8. The van der Waals surface area contributed by atoms with Gasteiger partial charge >= 0.3 is 0 Å². The van der Waals surface area contributed by atoms with E-state index in [1.807, 2.05) is 12.3 Å². The number of fused-ring (bicyclic) bond motifs is 1. The Morgan fingerprint density at radius 2 is 2.20 bits per heavy atom. The maximum atomic E-state index is 4.61. The molecular weight excluding hydrogens is 246 g/mol. The van der Waals surface area contributed by atoms with Gasteiger partial charge in [-0.3, -0.25) is 0 Å². The van der Waals surface area contributed by atoms with E-state index in [9.17, 15) is 0 Å². The SMILES string of the molecule is CCCNCc1cn(CC2CCCC2)c2ncccc12. The van der Waals surface area contributed by atoms with Gasteiger partial charge in [0.05, 0.1) is 0 Å². The highest BCUT2D eigenvalue weighted by Gasteiger charge is 2.17. The predicted molar refractivity (Wildman–Crippen MR) is 83.7 cm³/mol. The van der Waals surface area contributed by atoms with Crippen molar-refractivity contribution in [2.75, 3.05) is 6.54 Å². The fraction of sp³-hybridized carbons (Fsp3) is 0.588. The topological polar surface area (TPSA) is 29.9 Å². The second-order valence-electron chi connectivity index (χ2n) is 6.01. The number of rotatable bonds is 6. The lowest BCUT2D eigenvalue weighted by Gasteiger charge is -2.10. The monoisotopic (exact) mass is 271 g/mol. The molecule has 0 radical (unpaired) electrons. The van der Waals surface area contributed by atoms with Crippen molar-refractivity contribution in [2.45, 2.75) is 52.1 Å². The van der Waals surface area contributed by atoms with Crippen molar-refractivity contribution in [3.05, 3.63) is 30.1 Å². The molecule has 0 atom stereocenters. The number of nitrogens with one attached hydrogen (secondary N) is 1. The second kappa shape index (κ2) is 6.40. The first kappa shape index (κ1) is 13.6. The van der Waals surface area contributed by atoms with Gasteiger partial charge in [0, 0.05) is 30.9 Å². The molecule has 0 aromatic carbocycles. The zero-order valence-corrected chi connectivity index (χ0v) is 12.4. The van der Waals surface area contributed by atoms with E-state index in [0.29, 0.717) is 0 Å². The minimum Gasteiger partial charge on any atom is -0.332 e. The first-order valence-electron chi connectivity index (χ1n) is 8.02. The summed E-state index contributed by atoms with van der Waals surface area (Å²) in [5, 5.41) is 4.82. The summed E-state index contributed by atoms with van der Waals surface area (Å²) in [7, 11) is 0. The molecule has 2 heterocycles. The van der Waals surface area contributed by atoms with Crippen LogP contribution in [0, 0.1) is 5.92 Å². The Hall–Kier alpha value is -1.35. The Morgan fingerprint density at radius 3 is 3.00 bits per heavy atom. The number of nitrogens with zero attached hydrogens (tertiary/aromatic N) is 2. The number of pyridine rings is 1. The van der Waals surface area contributed by atoms with Gasteiger partial charge in [0.25, 0.3) is 0 Å². The average molecular weight is 271 g/mol. The molecule has 1 aliphatic carbocycles. The Balaban J connectivity index is 1.83. The molecular formula is C17H25N3. The zero-order valence-electron chi connectivity index (χ0n) is 12.4. The lowest BCUT2D eigenvalue weighted by molar-refractivity contribution is 0.463. The van der Waals surface area contributed by atoms with Crippen LogP contribution < -0.4 is 5.32 Å². The highest BCUT2D eigenvalue weighted by molar-refractivity contribution is 5.80. The molecule has 3 rings (SSSR count). The molecule has 2 aromatic rings. The van der Waals surface area contributed by atoms with Crippen LogP contribution in [0.25, 0.3) is 11.0 Å². The summed E-state index contributed by atoms with van der Waals surface area (Å²) < 4.78 is 2.38. The van der Waals surface area contributed by atoms with Crippen LogP contribution in [0.3, 0.4) is 0 Å². The van der Waals surface area contributed by atoms with E-state index < -0.39 is 0 Å². The summed E-state index contributed by atoms with van der Waals surface area (Å²) in [5.41, 5.74) is 2.55. The van der Waals surface area contributed by atoms with Crippen molar-refractivity contribution in [1.29, 1.82) is 0 Å². The van der Waals surface area contributed by atoms with E-state index in [4.69, 9.17) is 0 Å². The maximum absolute atomic E-state index is 4.61. The molecule has 0 saturated heterocycles. The summed E-state index contributed by atoms with van der Waals surface area (Å²) in [6, 6.07) is 4.25. The summed E-state index contributed by atoms with van der Waals surface area (Å²) in [6.07, 6.45) is 11.0. The third-order valence-electron chi connectivity index (χ3n) is 4.39. The molecule has 3 heteroatoms. The molecule has 0 spiro atoms. The van der Waals surface area contributed by atoms with Crippen molar-refractivity contribution >= 4 is 11.0 Å². The van der Waals surface area contributed by atoms with E-state index in [0.717, 1.165) is 31.2 Å². The largest absolute Gasteiger partial charge is 0.332 e. The smallest absolute Gasteiger partial charge is 0.140 e. The van der Waals surface area contributed by atoms with Gasteiger partial charge < -0.3 is 9.88 Å². The van der Waals surface area contributed by atoms with Gasteiger partial charge in [0.1, 0.15) is 5.65 Å². The standard InChI is InChI=1S/C17H25N3/c1-2-9-18-11-15-13-20(12-14-6-3-4-7-14)17-16(15)8-5-10-19-17/h5,8,10,13-14,18H,2-4,6-7,9,11-12H2,1H3. The molecule has 108 valence electrons. The Bertz CT molecular complexity index is 552. The van der Waals surface area contributed by atoms with Crippen molar-refractivity contribution < 1.29 is 0 Å². The van der Waals surface area contributed by atoms with Crippen molar-refractivity contribution in [1.82, 2.24) is 14.9 Å². The minimum atomic E-state index is 0.851. The van der Waals surface area contributed by atoms with Gasteiger partial charge in [0.15, 0.2) is 0 Å².